The zero-order valence-electron chi connectivity index (χ0n) is 18.3. The molecule has 2 N–H and O–H groups in total. The Labute approximate surface area is 206 Å². The first-order chi connectivity index (χ1) is 16.6. The van der Waals surface area contributed by atoms with E-state index in [9.17, 15) is 9.59 Å². The molecule has 0 spiro atoms. The Bertz CT molecular complexity index is 1290. The van der Waals surface area contributed by atoms with E-state index in [1.807, 2.05) is 66.7 Å². The quantitative estimate of drug-likeness (QED) is 0.319. The van der Waals surface area contributed by atoms with Crippen LogP contribution in [0.15, 0.2) is 95.5 Å². The zero-order chi connectivity index (χ0) is 23.8. The Kier molecular flexibility index (Phi) is 7.78. The normalized spacial score (nSPS) is 10.5. The second-order valence-corrected chi connectivity index (χ2v) is 8.38. The molecule has 0 aromatic heterocycles. The van der Waals surface area contributed by atoms with Crippen LogP contribution in [0.25, 0.3) is 10.8 Å². The van der Waals surface area contributed by atoms with E-state index in [0.29, 0.717) is 28.1 Å². The summed E-state index contributed by atoms with van der Waals surface area (Å²) >= 11 is 3.44. The third-order valence-electron chi connectivity index (χ3n) is 5.09. The van der Waals surface area contributed by atoms with E-state index in [1.54, 1.807) is 24.3 Å². The lowest BCUT2D eigenvalue weighted by Crippen LogP contribution is -2.43. The van der Waals surface area contributed by atoms with E-state index in [0.717, 1.165) is 17.2 Å². The highest BCUT2D eigenvalue weighted by Crippen LogP contribution is 2.26. The maximum absolute atomic E-state index is 12.4. The number of benzene rings is 4. The number of rotatable bonds is 8. The minimum atomic E-state index is -0.471. The van der Waals surface area contributed by atoms with Gasteiger partial charge in [0.1, 0.15) is 11.5 Å². The first-order valence-corrected chi connectivity index (χ1v) is 11.5. The fourth-order valence-corrected chi connectivity index (χ4v) is 3.82. The number of hydrazine groups is 1. The molecule has 0 fully saturated rings. The van der Waals surface area contributed by atoms with Gasteiger partial charge >= 0.3 is 0 Å². The van der Waals surface area contributed by atoms with Crippen LogP contribution in [-0.2, 0) is 11.2 Å². The average molecular weight is 519 g/mol. The second kappa shape index (κ2) is 11.3. The summed E-state index contributed by atoms with van der Waals surface area (Å²) in [6.07, 6.45) is 0.781. The predicted molar refractivity (Wildman–Crippen MR) is 135 cm³/mol. The second-order valence-electron chi connectivity index (χ2n) is 7.53. The third-order valence-corrected chi connectivity index (χ3v) is 5.71. The number of amides is 2. The van der Waals surface area contributed by atoms with Crippen LogP contribution in [0.1, 0.15) is 15.9 Å². The van der Waals surface area contributed by atoms with Crippen molar-refractivity contribution >= 4 is 38.5 Å². The molecule has 34 heavy (non-hydrogen) atoms. The molecule has 0 saturated carbocycles. The highest BCUT2D eigenvalue weighted by atomic mass is 79.9. The van der Waals surface area contributed by atoms with Crippen LogP contribution in [0.3, 0.4) is 0 Å². The summed E-state index contributed by atoms with van der Waals surface area (Å²) in [5.74, 6) is 0.296. The van der Waals surface area contributed by atoms with E-state index < -0.39 is 11.8 Å². The average Bonchev–Trinajstić information content (AvgIpc) is 2.87. The van der Waals surface area contributed by atoms with Crippen molar-refractivity contribution in [2.24, 2.45) is 0 Å². The van der Waals surface area contributed by atoms with Gasteiger partial charge in [0.2, 0.25) is 0 Å². The van der Waals surface area contributed by atoms with Gasteiger partial charge in [0.25, 0.3) is 11.8 Å². The highest BCUT2D eigenvalue weighted by Gasteiger charge is 2.11. The minimum Gasteiger partial charge on any atom is -0.492 e. The van der Waals surface area contributed by atoms with Crippen LogP contribution in [0.5, 0.6) is 11.5 Å². The van der Waals surface area contributed by atoms with Crippen LogP contribution in [0.4, 0.5) is 0 Å². The van der Waals surface area contributed by atoms with Crippen LogP contribution in [-0.4, -0.2) is 25.0 Å². The van der Waals surface area contributed by atoms with Gasteiger partial charge in [0.05, 0.1) is 11.1 Å². The first kappa shape index (κ1) is 23.3. The molecule has 0 bridgehead atoms. The Morgan fingerprint density at radius 1 is 0.765 bits per heavy atom. The monoisotopic (exact) mass is 518 g/mol. The van der Waals surface area contributed by atoms with E-state index in [-0.39, 0.29) is 6.61 Å². The maximum Gasteiger partial charge on any atom is 0.276 e. The first-order valence-electron chi connectivity index (χ1n) is 10.8. The van der Waals surface area contributed by atoms with Gasteiger partial charge in [-0.15, -0.1) is 0 Å². The van der Waals surface area contributed by atoms with Gasteiger partial charge in [-0.05, 0) is 62.6 Å². The Morgan fingerprint density at radius 2 is 1.53 bits per heavy atom. The summed E-state index contributed by atoms with van der Waals surface area (Å²) < 4.78 is 12.0. The van der Waals surface area contributed by atoms with Gasteiger partial charge in [0, 0.05) is 12.0 Å². The summed E-state index contributed by atoms with van der Waals surface area (Å²) in [5.41, 5.74) is 6.32. The van der Waals surface area contributed by atoms with E-state index in [1.165, 1.54) is 5.56 Å². The van der Waals surface area contributed by atoms with Gasteiger partial charge < -0.3 is 9.47 Å². The van der Waals surface area contributed by atoms with Crippen molar-refractivity contribution in [2.45, 2.75) is 6.42 Å². The fourth-order valence-electron chi connectivity index (χ4n) is 3.32. The highest BCUT2D eigenvalue weighted by molar-refractivity contribution is 9.10. The fraction of sp³-hybridized carbons (Fsp3) is 0.111. The number of hydrogen-bond acceptors (Lipinski definition) is 4. The zero-order valence-corrected chi connectivity index (χ0v) is 19.9. The van der Waals surface area contributed by atoms with Crippen LogP contribution in [0.2, 0.25) is 0 Å². The van der Waals surface area contributed by atoms with Crippen LogP contribution < -0.4 is 20.3 Å². The van der Waals surface area contributed by atoms with Crippen LogP contribution >= 0.6 is 15.9 Å². The van der Waals surface area contributed by atoms with Crippen molar-refractivity contribution in [1.29, 1.82) is 0 Å². The molecular formula is C27H23BrN2O4. The van der Waals surface area contributed by atoms with E-state index in [2.05, 4.69) is 26.8 Å². The van der Waals surface area contributed by atoms with E-state index in [4.69, 9.17) is 9.47 Å². The Hall–Kier alpha value is -3.84. The lowest BCUT2D eigenvalue weighted by atomic mass is 10.1. The molecule has 4 aromatic rings. The molecule has 0 unspecified atom stereocenters. The van der Waals surface area contributed by atoms with Crippen molar-refractivity contribution < 1.29 is 19.1 Å². The van der Waals surface area contributed by atoms with Gasteiger partial charge in [-0.3, -0.25) is 20.4 Å². The van der Waals surface area contributed by atoms with Gasteiger partial charge in [-0.25, -0.2) is 0 Å². The smallest absolute Gasteiger partial charge is 0.276 e. The molecule has 0 atom stereocenters. The topological polar surface area (TPSA) is 76.7 Å². The lowest BCUT2D eigenvalue weighted by molar-refractivity contribution is -0.123. The molecule has 0 radical (unpaired) electrons. The summed E-state index contributed by atoms with van der Waals surface area (Å²) in [6, 6.07) is 28.5. The molecule has 0 saturated heterocycles. The molecule has 0 aliphatic rings. The standard InChI is InChI=1S/C27H23BrN2O4/c28-24-17-22(11-13-25(24)33-15-14-19-6-2-1-3-7-19)27(32)30-29-26(31)18-34-23-12-10-20-8-4-5-9-21(20)16-23/h1-13,16-17H,14-15,18H2,(H,29,31)(H,30,32). The molecule has 0 heterocycles. The predicted octanol–water partition coefficient (Wildman–Crippen LogP) is 5.06. The molecular weight excluding hydrogens is 496 g/mol. The SMILES string of the molecule is O=C(COc1ccc2ccccc2c1)NNC(=O)c1ccc(OCCc2ccccc2)c(Br)c1. The summed E-state index contributed by atoms with van der Waals surface area (Å²) in [6.45, 7) is 0.290. The molecule has 7 heteroatoms. The number of carbonyl (C=O) groups excluding carboxylic acids is 2. The number of hydrogen-bond donors (Lipinski definition) is 2. The lowest BCUT2D eigenvalue weighted by Gasteiger charge is -2.11. The third kappa shape index (κ3) is 6.36. The molecule has 4 aromatic carbocycles. The van der Waals surface area contributed by atoms with Crippen LogP contribution in [0, 0.1) is 0 Å². The van der Waals surface area contributed by atoms with Crippen molar-refractivity contribution in [3.63, 3.8) is 0 Å². The molecule has 172 valence electrons. The number of ether oxygens (including phenoxy) is 2. The van der Waals surface area contributed by atoms with Gasteiger partial charge in [-0.2, -0.15) is 0 Å². The van der Waals surface area contributed by atoms with Crippen molar-refractivity contribution in [3.8, 4) is 11.5 Å². The minimum absolute atomic E-state index is 0.226. The molecule has 0 aliphatic heterocycles. The largest absolute Gasteiger partial charge is 0.492 e. The number of fused-ring (bicyclic) bond motifs is 1. The van der Waals surface area contributed by atoms with Crippen molar-refractivity contribution in [3.05, 3.63) is 107 Å². The number of halogens is 1. The molecule has 0 aliphatic carbocycles. The van der Waals surface area contributed by atoms with Crippen molar-refractivity contribution in [2.75, 3.05) is 13.2 Å². The maximum atomic E-state index is 12.4. The molecule has 2 amide bonds. The molecule has 6 nitrogen and oxygen atoms in total. The summed E-state index contributed by atoms with van der Waals surface area (Å²) in [7, 11) is 0. The summed E-state index contributed by atoms with van der Waals surface area (Å²) in [4.78, 5) is 24.5. The number of carbonyl (C=O) groups is 2. The molecule has 4 rings (SSSR count). The van der Waals surface area contributed by atoms with Gasteiger partial charge in [-0.1, -0.05) is 60.7 Å². The van der Waals surface area contributed by atoms with Crippen molar-refractivity contribution in [1.82, 2.24) is 10.9 Å². The Balaban J connectivity index is 1.23. The van der Waals surface area contributed by atoms with E-state index >= 15 is 0 Å². The Morgan fingerprint density at radius 3 is 2.32 bits per heavy atom. The number of nitrogens with one attached hydrogen (secondary N) is 2. The van der Waals surface area contributed by atoms with Gasteiger partial charge in [0.15, 0.2) is 6.61 Å². The summed E-state index contributed by atoms with van der Waals surface area (Å²) in [5, 5.41) is 2.11.